The van der Waals surface area contributed by atoms with Crippen LogP contribution in [0.5, 0.6) is 0 Å². The summed E-state index contributed by atoms with van der Waals surface area (Å²) >= 11 is 0. The Morgan fingerprint density at radius 2 is 2.06 bits per heavy atom. The van der Waals surface area contributed by atoms with Crippen LogP contribution in [-0.4, -0.2) is 30.1 Å². The molecular weight excluding hydrogens is 232 g/mol. The first-order chi connectivity index (χ1) is 8.54. The molecule has 0 aliphatic heterocycles. The number of carbonyl (C=O) groups excluding carboxylic acids is 1. The quantitative estimate of drug-likeness (QED) is 0.670. The topological polar surface area (TPSA) is 78.4 Å². The molecule has 0 radical (unpaired) electrons. The molecule has 0 aromatic heterocycles. The van der Waals surface area contributed by atoms with Gasteiger partial charge in [-0.2, -0.15) is 0 Å². The Morgan fingerprint density at radius 3 is 2.67 bits per heavy atom. The van der Waals surface area contributed by atoms with Crippen molar-refractivity contribution in [1.29, 1.82) is 0 Å². The molecule has 0 fully saturated rings. The molecule has 1 amide bonds. The maximum Gasteiger partial charge on any atom is 0.337 e. The molecule has 3 N–H and O–H groups in total. The summed E-state index contributed by atoms with van der Waals surface area (Å²) in [6.45, 7) is 4.75. The second-order valence-electron chi connectivity index (χ2n) is 4.08. The predicted molar refractivity (Wildman–Crippen MR) is 69.9 cm³/mol. The van der Waals surface area contributed by atoms with Crippen LogP contribution in [0, 0.1) is 6.92 Å². The molecule has 0 bridgehead atoms. The second-order valence-corrected chi connectivity index (χ2v) is 4.08. The van der Waals surface area contributed by atoms with Crippen LogP contribution in [0.3, 0.4) is 0 Å². The van der Waals surface area contributed by atoms with Crippen molar-refractivity contribution in [2.45, 2.75) is 20.3 Å². The molecule has 5 heteroatoms. The van der Waals surface area contributed by atoms with Crippen LogP contribution in [0.4, 0.5) is 5.69 Å². The minimum atomic E-state index is -1.05. The number of rotatable bonds is 6. The summed E-state index contributed by atoms with van der Waals surface area (Å²) in [6.07, 6.45) is 0.943. The van der Waals surface area contributed by atoms with E-state index in [-0.39, 0.29) is 18.0 Å². The van der Waals surface area contributed by atoms with E-state index in [0.717, 1.165) is 18.5 Å². The molecule has 1 aromatic carbocycles. The Balaban J connectivity index is 2.72. The monoisotopic (exact) mass is 250 g/mol. The van der Waals surface area contributed by atoms with Gasteiger partial charge in [0.2, 0.25) is 5.91 Å². The van der Waals surface area contributed by atoms with E-state index in [1.54, 1.807) is 19.1 Å². The zero-order valence-electron chi connectivity index (χ0n) is 10.6. The molecule has 0 spiro atoms. The van der Waals surface area contributed by atoms with Gasteiger partial charge in [-0.3, -0.25) is 4.79 Å². The smallest absolute Gasteiger partial charge is 0.337 e. The molecule has 1 rings (SSSR count). The van der Waals surface area contributed by atoms with Crippen molar-refractivity contribution in [3.8, 4) is 0 Å². The number of hydrogen-bond donors (Lipinski definition) is 3. The number of nitrogens with one attached hydrogen (secondary N) is 2. The third-order valence-corrected chi connectivity index (χ3v) is 2.39. The molecule has 0 saturated heterocycles. The summed E-state index contributed by atoms with van der Waals surface area (Å²) in [4.78, 5) is 22.6. The molecule has 0 aliphatic carbocycles. The van der Waals surface area contributed by atoms with E-state index in [1.165, 1.54) is 6.07 Å². The second kappa shape index (κ2) is 6.76. The molecule has 0 unspecified atom stereocenters. The lowest BCUT2D eigenvalue weighted by Gasteiger charge is -2.09. The Morgan fingerprint density at radius 1 is 1.33 bits per heavy atom. The molecule has 1 aromatic rings. The van der Waals surface area contributed by atoms with E-state index in [0.29, 0.717) is 5.69 Å². The van der Waals surface area contributed by atoms with E-state index in [2.05, 4.69) is 10.6 Å². The molecule has 98 valence electrons. The third kappa shape index (κ3) is 4.18. The highest BCUT2D eigenvalue weighted by Crippen LogP contribution is 2.17. The normalized spacial score (nSPS) is 10.1. The number of aromatic carboxylic acids is 1. The van der Waals surface area contributed by atoms with E-state index in [9.17, 15) is 9.59 Å². The van der Waals surface area contributed by atoms with Crippen molar-refractivity contribution in [2.75, 3.05) is 18.4 Å². The summed E-state index contributed by atoms with van der Waals surface area (Å²) in [7, 11) is 0. The van der Waals surface area contributed by atoms with Crippen molar-refractivity contribution in [1.82, 2.24) is 5.32 Å². The lowest BCUT2D eigenvalue weighted by molar-refractivity contribution is -0.115. The molecule has 18 heavy (non-hydrogen) atoms. The van der Waals surface area contributed by atoms with Crippen molar-refractivity contribution >= 4 is 17.6 Å². The molecule has 0 aliphatic rings. The standard InChI is InChI=1S/C13H18N2O3/c1-3-6-14-8-12(16)15-11-5-4-9(2)7-10(11)13(17)18/h4-5,7,14H,3,6,8H2,1-2H3,(H,15,16)(H,17,18). The molecule has 5 nitrogen and oxygen atoms in total. The first kappa shape index (κ1) is 14.2. The Bertz CT molecular complexity index is 444. The number of benzene rings is 1. The highest BCUT2D eigenvalue weighted by molar-refractivity contribution is 6.01. The van der Waals surface area contributed by atoms with Crippen molar-refractivity contribution in [3.63, 3.8) is 0 Å². The summed E-state index contributed by atoms with van der Waals surface area (Å²) in [5.41, 5.74) is 1.28. The van der Waals surface area contributed by atoms with Crippen LogP contribution in [0.1, 0.15) is 29.3 Å². The van der Waals surface area contributed by atoms with Crippen molar-refractivity contribution in [2.24, 2.45) is 0 Å². The van der Waals surface area contributed by atoms with Crippen LogP contribution < -0.4 is 10.6 Å². The number of hydrogen-bond acceptors (Lipinski definition) is 3. The van der Waals surface area contributed by atoms with Crippen molar-refractivity contribution < 1.29 is 14.7 Å². The van der Waals surface area contributed by atoms with Crippen LogP contribution in [0.2, 0.25) is 0 Å². The first-order valence-electron chi connectivity index (χ1n) is 5.89. The van der Waals surface area contributed by atoms with Gasteiger partial charge in [0, 0.05) is 0 Å². The summed E-state index contributed by atoms with van der Waals surface area (Å²) < 4.78 is 0. The van der Waals surface area contributed by atoms with Crippen LogP contribution in [0.25, 0.3) is 0 Å². The maximum absolute atomic E-state index is 11.6. The minimum Gasteiger partial charge on any atom is -0.478 e. The fourth-order valence-electron chi connectivity index (χ4n) is 1.52. The van der Waals surface area contributed by atoms with Gasteiger partial charge in [0.15, 0.2) is 0 Å². The first-order valence-corrected chi connectivity index (χ1v) is 5.89. The van der Waals surface area contributed by atoms with Gasteiger partial charge in [0.05, 0.1) is 17.8 Å². The average molecular weight is 250 g/mol. The maximum atomic E-state index is 11.6. The lowest BCUT2D eigenvalue weighted by atomic mass is 10.1. The van der Waals surface area contributed by atoms with E-state index < -0.39 is 5.97 Å². The van der Waals surface area contributed by atoms with Gasteiger partial charge in [-0.15, -0.1) is 0 Å². The number of carbonyl (C=O) groups is 2. The van der Waals surface area contributed by atoms with E-state index >= 15 is 0 Å². The number of anilines is 1. The summed E-state index contributed by atoms with van der Waals surface area (Å²) in [6, 6.07) is 4.91. The summed E-state index contributed by atoms with van der Waals surface area (Å²) in [5.74, 6) is -1.29. The Hall–Kier alpha value is -1.88. The van der Waals surface area contributed by atoms with Crippen LogP contribution >= 0.6 is 0 Å². The molecule has 0 saturated carbocycles. The third-order valence-electron chi connectivity index (χ3n) is 2.39. The van der Waals surface area contributed by atoms with Crippen molar-refractivity contribution in [3.05, 3.63) is 29.3 Å². The largest absolute Gasteiger partial charge is 0.478 e. The van der Waals surface area contributed by atoms with Gasteiger partial charge in [-0.05, 0) is 32.0 Å². The van der Waals surface area contributed by atoms with Gasteiger partial charge in [0.1, 0.15) is 0 Å². The van der Waals surface area contributed by atoms with Crippen LogP contribution in [0.15, 0.2) is 18.2 Å². The lowest BCUT2D eigenvalue weighted by Crippen LogP contribution is -2.29. The summed E-state index contributed by atoms with van der Waals surface area (Å²) in [5, 5.41) is 14.6. The fraction of sp³-hybridized carbons (Fsp3) is 0.385. The SMILES string of the molecule is CCCNCC(=O)Nc1ccc(C)cc1C(=O)O. The highest BCUT2D eigenvalue weighted by Gasteiger charge is 2.12. The number of carboxylic acid groups (broad SMARTS) is 1. The highest BCUT2D eigenvalue weighted by atomic mass is 16.4. The average Bonchev–Trinajstić information content (AvgIpc) is 2.31. The Labute approximate surface area is 106 Å². The number of amides is 1. The molecule has 0 heterocycles. The van der Waals surface area contributed by atoms with E-state index in [4.69, 9.17) is 5.11 Å². The predicted octanol–water partition coefficient (Wildman–Crippen LogP) is 1.63. The van der Waals surface area contributed by atoms with Gasteiger partial charge in [-0.25, -0.2) is 4.79 Å². The van der Waals surface area contributed by atoms with Crippen LogP contribution in [-0.2, 0) is 4.79 Å². The van der Waals surface area contributed by atoms with Gasteiger partial charge < -0.3 is 15.7 Å². The molecule has 0 atom stereocenters. The molecular formula is C13H18N2O3. The fourth-order valence-corrected chi connectivity index (χ4v) is 1.52. The number of aryl methyl sites for hydroxylation is 1. The number of carboxylic acids is 1. The van der Waals surface area contributed by atoms with E-state index in [1.807, 2.05) is 6.92 Å². The Kier molecular flexibility index (Phi) is 5.32. The van der Waals surface area contributed by atoms with Gasteiger partial charge >= 0.3 is 5.97 Å². The minimum absolute atomic E-state index is 0.110. The zero-order chi connectivity index (χ0) is 13.5. The zero-order valence-corrected chi connectivity index (χ0v) is 10.6. The van der Waals surface area contributed by atoms with Gasteiger partial charge in [-0.1, -0.05) is 18.6 Å². The van der Waals surface area contributed by atoms with Gasteiger partial charge in [0.25, 0.3) is 0 Å².